The third-order valence-electron chi connectivity index (χ3n) is 3.11. The first-order chi connectivity index (χ1) is 10.3. The Morgan fingerprint density at radius 1 is 0.955 bits per heavy atom. The predicted molar refractivity (Wildman–Crippen MR) is 83.7 cm³/mol. The second kappa shape index (κ2) is 6.44. The average Bonchev–Trinajstić information content (AvgIpc) is 2.46. The lowest BCUT2D eigenvalue weighted by atomic mass is 9.98. The summed E-state index contributed by atoms with van der Waals surface area (Å²) in [6.07, 6.45) is 0. The van der Waals surface area contributed by atoms with Crippen molar-refractivity contribution in [3.63, 3.8) is 0 Å². The van der Waals surface area contributed by atoms with E-state index in [1.807, 2.05) is 26.0 Å². The van der Waals surface area contributed by atoms with Gasteiger partial charge in [-0.05, 0) is 23.3 Å². The molecule has 2 aromatic carbocycles. The molecule has 0 saturated heterocycles. The smallest absolute Gasteiger partial charge is 0.404 e. The van der Waals surface area contributed by atoms with E-state index < -0.39 is 7.82 Å². The summed E-state index contributed by atoms with van der Waals surface area (Å²) >= 11 is 0. The van der Waals surface area contributed by atoms with Crippen LogP contribution in [0.15, 0.2) is 48.5 Å². The van der Waals surface area contributed by atoms with Crippen LogP contribution in [0.2, 0.25) is 0 Å². The molecule has 0 aliphatic heterocycles. The fourth-order valence-corrected chi connectivity index (χ4v) is 2.40. The van der Waals surface area contributed by atoms with E-state index in [1.54, 1.807) is 24.3 Å². The molecule has 5 nitrogen and oxygen atoms in total. The van der Waals surface area contributed by atoms with Crippen molar-refractivity contribution in [2.75, 3.05) is 0 Å². The standard InChI is InChI=1S/C16H17O5P/c1-11(2)16(17)14-5-3-12(4-6-14)13-7-9-15(10-8-13)21-22(18,19)20/h3-11H,1-2H3,(H2,18,19,20). The zero-order valence-corrected chi connectivity index (χ0v) is 13.2. The highest BCUT2D eigenvalue weighted by molar-refractivity contribution is 7.46. The van der Waals surface area contributed by atoms with Gasteiger partial charge < -0.3 is 4.52 Å². The van der Waals surface area contributed by atoms with Crippen LogP contribution in [0.5, 0.6) is 5.75 Å². The van der Waals surface area contributed by atoms with Crippen LogP contribution in [0, 0.1) is 5.92 Å². The number of phosphoric acid groups is 1. The van der Waals surface area contributed by atoms with Crippen molar-refractivity contribution in [3.8, 4) is 16.9 Å². The van der Waals surface area contributed by atoms with E-state index in [0.29, 0.717) is 5.56 Å². The van der Waals surface area contributed by atoms with Crippen molar-refractivity contribution >= 4 is 13.6 Å². The quantitative estimate of drug-likeness (QED) is 0.649. The van der Waals surface area contributed by atoms with Gasteiger partial charge in [-0.25, -0.2) is 4.57 Å². The normalized spacial score (nSPS) is 11.5. The first-order valence-electron chi connectivity index (χ1n) is 6.76. The van der Waals surface area contributed by atoms with Gasteiger partial charge in [0.15, 0.2) is 5.78 Å². The Morgan fingerprint density at radius 3 is 1.82 bits per heavy atom. The maximum Gasteiger partial charge on any atom is 0.524 e. The molecule has 0 aliphatic rings. The first kappa shape index (κ1) is 16.4. The van der Waals surface area contributed by atoms with Crippen molar-refractivity contribution in [2.45, 2.75) is 13.8 Å². The molecule has 22 heavy (non-hydrogen) atoms. The molecule has 0 aliphatic carbocycles. The molecule has 6 heteroatoms. The van der Waals surface area contributed by atoms with Crippen LogP contribution in [0.3, 0.4) is 0 Å². The number of carbonyl (C=O) groups is 1. The van der Waals surface area contributed by atoms with Crippen LogP contribution in [-0.4, -0.2) is 15.6 Å². The van der Waals surface area contributed by atoms with E-state index in [0.717, 1.165) is 11.1 Å². The van der Waals surface area contributed by atoms with Crippen molar-refractivity contribution in [2.24, 2.45) is 5.92 Å². The Hall–Kier alpha value is -1.94. The number of Topliss-reactive ketones (excluding diaryl/α,β-unsaturated/α-hetero) is 1. The van der Waals surface area contributed by atoms with Crippen molar-refractivity contribution in [1.29, 1.82) is 0 Å². The van der Waals surface area contributed by atoms with Crippen LogP contribution < -0.4 is 4.52 Å². The van der Waals surface area contributed by atoms with Crippen molar-refractivity contribution < 1.29 is 23.7 Å². The van der Waals surface area contributed by atoms with E-state index in [1.165, 1.54) is 12.1 Å². The van der Waals surface area contributed by atoms with Gasteiger partial charge in [0.2, 0.25) is 0 Å². The minimum absolute atomic E-state index is 0.0464. The third-order valence-corrected chi connectivity index (χ3v) is 3.55. The Kier molecular flexibility index (Phi) is 4.81. The maximum atomic E-state index is 11.9. The molecule has 0 fully saturated rings. The lowest BCUT2D eigenvalue weighted by Gasteiger charge is -2.08. The minimum atomic E-state index is -4.54. The lowest BCUT2D eigenvalue weighted by molar-refractivity contribution is 0.0939. The number of ketones is 1. The molecule has 0 radical (unpaired) electrons. The summed E-state index contributed by atoms with van der Waals surface area (Å²) in [5.41, 5.74) is 2.44. The molecule has 0 aromatic heterocycles. The first-order valence-corrected chi connectivity index (χ1v) is 8.29. The molecular weight excluding hydrogens is 303 g/mol. The highest BCUT2D eigenvalue weighted by atomic mass is 31.2. The zero-order chi connectivity index (χ0) is 16.3. The Bertz CT molecular complexity index is 698. The number of benzene rings is 2. The fourth-order valence-electron chi connectivity index (χ4n) is 2.01. The summed E-state index contributed by atoms with van der Waals surface area (Å²) in [7, 11) is -4.54. The van der Waals surface area contributed by atoms with E-state index >= 15 is 0 Å². The molecule has 0 bridgehead atoms. The van der Waals surface area contributed by atoms with Crippen LogP contribution in [-0.2, 0) is 4.57 Å². The van der Waals surface area contributed by atoms with E-state index in [2.05, 4.69) is 4.52 Å². The molecule has 2 aromatic rings. The maximum absolute atomic E-state index is 11.9. The molecule has 0 unspecified atom stereocenters. The average molecular weight is 320 g/mol. The van der Waals surface area contributed by atoms with Gasteiger partial charge in [-0.15, -0.1) is 0 Å². The summed E-state index contributed by atoms with van der Waals surface area (Å²) in [6, 6.07) is 13.6. The Labute approximate surface area is 128 Å². The van der Waals surface area contributed by atoms with Gasteiger partial charge in [0.1, 0.15) is 5.75 Å². The van der Waals surface area contributed by atoms with Crippen LogP contribution in [0.1, 0.15) is 24.2 Å². The number of rotatable bonds is 5. The Morgan fingerprint density at radius 2 is 1.41 bits per heavy atom. The topological polar surface area (TPSA) is 83.8 Å². The SMILES string of the molecule is CC(C)C(=O)c1ccc(-c2ccc(OP(=O)(O)O)cc2)cc1. The predicted octanol–water partition coefficient (Wildman–Crippen LogP) is 3.66. The van der Waals surface area contributed by atoms with Crippen LogP contribution in [0.25, 0.3) is 11.1 Å². The van der Waals surface area contributed by atoms with Gasteiger partial charge in [-0.1, -0.05) is 50.2 Å². The molecule has 0 saturated carbocycles. The number of phosphoric ester groups is 1. The summed E-state index contributed by atoms with van der Waals surface area (Å²) in [6.45, 7) is 3.71. The second-order valence-electron chi connectivity index (χ2n) is 5.20. The second-order valence-corrected chi connectivity index (χ2v) is 6.37. The molecular formula is C16H17O5P. The highest BCUT2D eigenvalue weighted by Crippen LogP contribution is 2.38. The zero-order valence-electron chi connectivity index (χ0n) is 12.3. The molecule has 2 N–H and O–H groups in total. The number of hydrogen-bond acceptors (Lipinski definition) is 3. The molecule has 0 heterocycles. The fraction of sp³-hybridized carbons (Fsp3) is 0.188. The molecule has 0 spiro atoms. The van der Waals surface area contributed by atoms with Gasteiger partial charge in [-0.3, -0.25) is 14.6 Å². The monoisotopic (exact) mass is 320 g/mol. The minimum Gasteiger partial charge on any atom is -0.404 e. The van der Waals surface area contributed by atoms with Gasteiger partial charge in [0, 0.05) is 11.5 Å². The van der Waals surface area contributed by atoms with Crippen molar-refractivity contribution in [1.82, 2.24) is 0 Å². The van der Waals surface area contributed by atoms with Gasteiger partial charge in [0.05, 0.1) is 0 Å². The van der Waals surface area contributed by atoms with Crippen LogP contribution in [0.4, 0.5) is 0 Å². The molecule has 2 rings (SSSR count). The molecule has 0 amide bonds. The van der Waals surface area contributed by atoms with E-state index in [-0.39, 0.29) is 17.5 Å². The summed E-state index contributed by atoms with van der Waals surface area (Å²) in [5, 5.41) is 0. The van der Waals surface area contributed by atoms with Crippen molar-refractivity contribution in [3.05, 3.63) is 54.1 Å². The summed E-state index contributed by atoms with van der Waals surface area (Å²) in [5.74, 6) is 0.149. The largest absolute Gasteiger partial charge is 0.524 e. The van der Waals surface area contributed by atoms with E-state index in [4.69, 9.17) is 9.79 Å². The number of hydrogen-bond donors (Lipinski definition) is 2. The lowest BCUT2D eigenvalue weighted by Crippen LogP contribution is -2.06. The van der Waals surface area contributed by atoms with Gasteiger partial charge >= 0.3 is 7.82 Å². The molecule has 0 atom stereocenters. The third kappa shape index (κ3) is 4.28. The summed E-state index contributed by atoms with van der Waals surface area (Å²) < 4.78 is 15.2. The van der Waals surface area contributed by atoms with Gasteiger partial charge in [-0.2, -0.15) is 0 Å². The summed E-state index contributed by atoms with van der Waals surface area (Å²) in [4.78, 5) is 29.4. The van der Waals surface area contributed by atoms with Crippen LogP contribution >= 0.6 is 7.82 Å². The molecule has 116 valence electrons. The van der Waals surface area contributed by atoms with Gasteiger partial charge in [0.25, 0.3) is 0 Å². The Balaban J connectivity index is 2.18. The van der Waals surface area contributed by atoms with E-state index in [9.17, 15) is 9.36 Å². The number of carbonyl (C=O) groups excluding carboxylic acids is 1. The highest BCUT2D eigenvalue weighted by Gasteiger charge is 2.15.